The molecule has 0 radical (unpaired) electrons. The van der Waals surface area contributed by atoms with Gasteiger partial charge in [0, 0.05) is 35.0 Å². The van der Waals surface area contributed by atoms with E-state index >= 15 is 0 Å². The molecule has 0 fully saturated rings. The minimum atomic E-state index is -1.10. The second kappa shape index (κ2) is 14.5. The van der Waals surface area contributed by atoms with Gasteiger partial charge in [-0.05, 0) is 81.8 Å². The van der Waals surface area contributed by atoms with Crippen molar-refractivity contribution in [1.29, 1.82) is 0 Å². The predicted octanol–water partition coefficient (Wildman–Crippen LogP) is 5.11. The summed E-state index contributed by atoms with van der Waals surface area (Å²) in [5.74, 6) is -0.729. The lowest BCUT2D eigenvalue weighted by Gasteiger charge is -2.23. The molecule has 1 aliphatic rings. The van der Waals surface area contributed by atoms with E-state index in [2.05, 4.69) is 21.7 Å². The first-order chi connectivity index (χ1) is 18.9. The molecule has 0 saturated heterocycles. The molecule has 1 aliphatic heterocycles. The number of aliphatic imine (C=N–C) groups is 1. The van der Waals surface area contributed by atoms with Crippen LogP contribution in [0.3, 0.4) is 0 Å². The van der Waals surface area contributed by atoms with Gasteiger partial charge < -0.3 is 26.2 Å². The van der Waals surface area contributed by atoms with Gasteiger partial charge >= 0.3 is 5.97 Å². The average Bonchev–Trinajstić information content (AvgIpc) is 2.87. The number of ether oxygens (including phenoxy) is 1. The summed E-state index contributed by atoms with van der Waals surface area (Å²) in [5, 5.41) is 16.2. The highest BCUT2D eigenvalue weighted by atomic mass is 35.5. The third-order valence-electron chi connectivity index (χ3n) is 6.18. The SMILES string of the molecule is CC(C)(C)OCC(=NCCCc1ccc2c(n1)NCCC2)C(=CN)C(=O)NC(CC(=O)O)c1cc(Cl)cc(Cl)c1. The number of carboxylic acid groups (broad SMARTS) is 1. The fourth-order valence-electron chi connectivity index (χ4n) is 4.22. The number of nitrogens with two attached hydrogens (primary N) is 1. The van der Waals surface area contributed by atoms with Crippen molar-refractivity contribution in [2.75, 3.05) is 25.0 Å². The van der Waals surface area contributed by atoms with Crippen molar-refractivity contribution in [3.8, 4) is 0 Å². The van der Waals surface area contributed by atoms with Crippen molar-refractivity contribution in [3.05, 3.63) is 69.0 Å². The molecule has 9 nitrogen and oxygen atoms in total. The molecule has 0 saturated carbocycles. The number of aliphatic carboxylic acids is 1. The smallest absolute Gasteiger partial charge is 0.305 e. The van der Waals surface area contributed by atoms with E-state index in [0.717, 1.165) is 37.3 Å². The lowest BCUT2D eigenvalue weighted by atomic mass is 10.0. The van der Waals surface area contributed by atoms with Crippen molar-refractivity contribution in [1.82, 2.24) is 10.3 Å². The highest BCUT2D eigenvalue weighted by molar-refractivity contribution is 6.34. The van der Waals surface area contributed by atoms with Crippen LogP contribution in [-0.4, -0.2) is 53.0 Å². The van der Waals surface area contributed by atoms with E-state index in [-0.39, 0.29) is 18.6 Å². The fraction of sp³-hybridized carbons (Fsp3) is 0.448. The lowest BCUT2D eigenvalue weighted by molar-refractivity contribution is -0.137. The summed E-state index contributed by atoms with van der Waals surface area (Å²) in [6.07, 6.45) is 4.35. The molecule has 0 spiro atoms. The van der Waals surface area contributed by atoms with Gasteiger partial charge in [-0.3, -0.25) is 14.6 Å². The van der Waals surface area contributed by atoms with E-state index in [4.69, 9.17) is 38.7 Å². The molecule has 1 atom stereocenters. The Labute approximate surface area is 245 Å². The molecule has 11 heteroatoms. The first-order valence-electron chi connectivity index (χ1n) is 13.3. The first-order valence-corrected chi connectivity index (χ1v) is 14.0. The molecule has 1 aromatic heterocycles. The highest BCUT2D eigenvalue weighted by Gasteiger charge is 2.24. The summed E-state index contributed by atoms with van der Waals surface area (Å²) in [6, 6.07) is 7.93. The van der Waals surface area contributed by atoms with Gasteiger partial charge in [-0.25, -0.2) is 4.98 Å². The molecule has 1 amide bonds. The van der Waals surface area contributed by atoms with Crippen LogP contribution < -0.4 is 16.4 Å². The molecule has 1 aromatic carbocycles. The molecule has 5 N–H and O–H groups in total. The average molecular weight is 591 g/mol. The van der Waals surface area contributed by atoms with E-state index in [1.54, 1.807) is 12.1 Å². The van der Waals surface area contributed by atoms with Gasteiger partial charge in [0.1, 0.15) is 5.82 Å². The number of anilines is 1. The quantitative estimate of drug-likeness (QED) is 0.153. The van der Waals surface area contributed by atoms with Crippen LogP contribution in [0.4, 0.5) is 5.82 Å². The maximum absolute atomic E-state index is 13.4. The number of fused-ring (bicyclic) bond motifs is 1. The normalized spacial score (nSPS) is 14.7. The van der Waals surface area contributed by atoms with Crippen LogP contribution in [0.2, 0.25) is 10.0 Å². The van der Waals surface area contributed by atoms with Crippen LogP contribution in [0.1, 0.15) is 62.9 Å². The number of hydrogen-bond donors (Lipinski definition) is 4. The van der Waals surface area contributed by atoms with Crippen molar-refractivity contribution in [3.63, 3.8) is 0 Å². The van der Waals surface area contributed by atoms with Crippen LogP contribution in [0, 0.1) is 0 Å². The molecule has 0 bridgehead atoms. The Kier molecular flexibility index (Phi) is 11.4. The van der Waals surface area contributed by atoms with Crippen molar-refractivity contribution < 1.29 is 19.4 Å². The third-order valence-corrected chi connectivity index (χ3v) is 6.62. The summed E-state index contributed by atoms with van der Waals surface area (Å²) in [4.78, 5) is 34.4. The molecule has 0 aliphatic carbocycles. The van der Waals surface area contributed by atoms with Gasteiger partial charge in [0.05, 0.1) is 36.0 Å². The summed E-state index contributed by atoms with van der Waals surface area (Å²) < 4.78 is 5.93. The van der Waals surface area contributed by atoms with Gasteiger partial charge in [-0.2, -0.15) is 0 Å². The maximum Gasteiger partial charge on any atom is 0.305 e. The number of rotatable bonds is 12. The summed E-state index contributed by atoms with van der Waals surface area (Å²) in [6.45, 7) is 7.10. The number of carbonyl (C=O) groups excluding carboxylic acids is 1. The van der Waals surface area contributed by atoms with Crippen LogP contribution in [-0.2, 0) is 27.2 Å². The Morgan fingerprint density at radius 2 is 1.98 bits per heavy atom. The minimum absolute atomic E-state index is 0.0492. The predicted molar refractivity (Wildman–Crippen MR) is 159 cm³/mol. The van der Waals surface area contributed by atoms with Crippen LogP contribution in [0.25, 0.3) is 0 Å². The Balaban J connectivity index is 1.75. The number of carbonyl (C=O) groups is 2. The summed E-state index contributed by atoms with van der Waals surface area (Å²) >= 11 is 12.2. The number of pyridine rings is 1. The highest BCUT2D eigenvalue weighted by Crippen LogP contribution is 2.26. The van der Waals surface area contributed by atoms with E-state index in [1.807, 2.05) is 26.8 Å². The maximum atomic E-state index is 13.4. The van der Waals surface area contributed by atoms with Gasteiger partial charge in [-0.1, -0.05) is 29.3 Å². The number of aryl methyl sites for hydroxylation is 2. The number of nitrogens with zero attached hydrogens (tertiary/aromatic N) is 2. The zero-order valence-corrected chi connectivity index (χ0v) is 24.6. The van der Waals surface area contributed by atoms with Crippen molar-refractivity contribution >= 4 is 46.6 Å². The second-order valence-corrected chi connectivity index (χ2v) is 11.5. The van der Waals surface area contributed by atoms with E-state index in [1.165, 1.54) is 17.8 Å². The number of amides is 1. The molecular formula is C29H37Cl2N5O4. The van der Waals surface area contributed by atoms with Crippen molar-refractivity contribution in [2.45, 2.75) is 64.5 Å². The Morgan fingerprint density at radius 3 is 2.62 bits per heavy atom. The van der Waals surface area contributed by atoms with Crippen LogP contribution >= 0.6 is 23.2 Å². The van der Waals surface area contributed by atoms with E-state index in [0.29, 0.717) is 34.3 Å². The number of carboxylic acids is 1. The zero-order valence-electron chi connectivity index (χ0n) is 23.1. The molecule has 216 valence electrons. The van der Waals surface area contributed by atoms with Crippen LogP contribution in [0.5, 0.6) is 0 Å². The fourth-order valence-corrected chi connectivity index (χ4v) is 4.76. The van der Waals surface area contributed by atoms with E-state index in [9.17, 15) is 14.7 Å². The molecule has 2 heterocycles. The zero-order chi connectivity index (χ0) is 29.3. The van der Waals surface area contributed by atoms with E-state index < -0.39 is 23.5 Å². The molecule has 3 rings (SSSR count). The number of aromatic nitrogens is 1. The Morgan fingerprint density at radius 1 is 1.25 bits per heavy atom. The first kappa shape index (κ1) is 31.4. The minimum Gasteiger partial charge on any atom is -0.481 e. The van der Waals surface area contributed by atoms with Crippen LogP contribution in [0.15, 0.2) is 47.1 Å². The third kappa shape index (κ3) is 9.80. The summed E-state index contributed by atoms with van der Waals surface area (Å²) in [5.41, 5.74) is 8.55. The summed E-state index contributed by atoms with van der Waals surface area (Å²) in [7, 11) is 0. The molecule has 1 unspecified atom stereocenters. The second-order valence-electron chi connectivity index (χ2n) is 10.6. The van der Waals surface area contributed by atoms with Gasteiger partial charge in [0.25, 0.3) is 5.91 Å². The molecule has 2 aromatic rings. The number of hydrogen-bond acceptors (Lipinski definition) is 7. The number of benzene rings is 1. The molecular weight excluding hydrogens is 553 g/mol. The van der Waals surface area contributed by atoms with Gasteiger partial charge in [0.15, 0.2) is 0 Å². The Hall–Kier alpha value is -3.14. The Bertz CT molecular complexity index is 1250. The number of halogens is 2. The lowest BCUT2D eigenvalue weighted by Crippen LogP contribution is -2.36. The van der Waals surface area contributed by atoms with Crippen molar-refractivity contribution in [2.24, 2.45) is 10.7 Å². The topological polar surface area (TPSA) is 139 Å². The largest absolute Gasteiger partial charge is 0.481 e. The molecule has 40 heavy (non-hydrogen) atoms. The standard InChI is InChI=1S/C29H37Cl2N5O4/c1-29(2,3)40-17-25(33-10-5-7-22-9-8-18-6-4-11-34-27(18)35-22)23(16-32)28(39)36-24(15-26(37)38)19-12-20(30)14-21(31)13-19/h8-9,12-14,16,24H,4-7,10-11,15,17,32H2,1-3H3,(H,34,35)(H,36,39)(H,37,38). The van der Waals surface area contributed by atoms with Gasteiger partial charge in [0.2, 0.25) is 0 Å². The number of nitrogens with one attached hydrogen (secondary N) is 2. The van der Waals surface area contributed by atoms with Gasteiger partial charge in [-0.15, -0.1) is 0 Å². The monoisotopic (exact) mass is 589 g/mol.